The van der Waals surface area contributed by atoms with Crippen LogP contribution in [0.2, 0.25) is 0 Å². The van der Waals surface area contributed by atoms with Gasteiger partial charge in [0.2, 0.25) is 5.91 Å². The van der Waals surface area contributed by atoms with E-state index in [0.29, 0.717) is 13.1 Å². The molecule has 0 saturated carbocycles. The zero-order chi connectivity index (χ0) is 20.5. The van der Waals surface area contributed by atoms with Crippen molar-refractivity contribution in [3.8, 4) is 0 Å². The summed E-state index contributed by atoms with van der Waals surface area (Å²) in [5.41, 5.74) is 1.58. The fraction of sp³-hybridized carbons (Fsp3) is 0.364. The lowest BCUT2D eigenvalue weighted by Gasteiger charge is -2.35. The second-order valence-electron chi connectivity index (χ2n) is 7.10. The lowest BCUT2D eigenvalue weighted by atomic mass is 10.0. The molecule has 0 radical (unpaired) electrons. The molecule has 1 unspecified atom stereocenters. The van der Waals surface area contributed by atoms with Gasteiger partial charge in [0, 0.05) is 28.9 Å². The minimum atomic E-state index is -0.222. The minimum Gasteiger partial charge on any atom is -0.336 e. The molecule has 29 heavy (non-hydrogen) atoms. The van der Waals surface area contributed by atoms with Gasteiger partial charge < -0.3 is 16.0 Å². The van der Waals surface area contributed by atoms with Gasteiger partial charge in [-0.25, -0.2) is 4.79 Å². The van der Waals surface area contributed by atoms with Gasteiger partial charge in [0.15, 0.2) is 0 Å². The van der Waals surface area contributed by atoms with Gasteiger partial charge in [0.25, 0.3) is 0 Å². The Labute approximate surface area is 176 Å². The van der Waals surface area contributed by atoms with Crippen LogP contribution < -0.4 is 16.0 Å². The van der Waals surface area contributed by atoms with Crippen molar-refractivity contribution in [2.75, 3.05) is 36.5 Å². The van der Waals surface area contributed by atoms with Gasteiger partial charge in [-0.1, -0.05) is 30.7 Å². The van der Waals surface area contributed by atoms with E-state index in [2.05, 4.69) is 20.9 Å². The van der Waals surface area contributed by atoms with Gasteiger partial charge in [-0.15, -0.1) is 11.8 Å². The fourth-order valence-corrected chi connectivity index (χ4v) is 3.95. The highest BCUT2D eigenvalue weighted by atomic mass is 32.2. The van der Waals surface area contributed by atoms with E-state index in [1.807, 2.05) is 60.9 Å². The van der Waals surface area contributed by atoms with E-state index in [0.717, 1.165) is 42.1 Å². The Morgan fingerprint density at radius 2 is 1.83 bits per heavy atom. The zero-order valence-electron chi connectivity index (χ0n) is 16.7. The van der Waals surface area contributed by atoms with Crippen LogP contribution in [0.25, 0.3) is 0 Å². The standard InChI is InChI=1S/C22H28N4O2S/c1-29-20-12-7-10-18(14-20)24-21(27)16-26-13-6-5-11-19(26)15-23-22(28)25-17-8-3-2-4-9-17/h2-4,7-10,12,14,19H,5-6,11,13,15-16H2,1H3,(H,24,27)(H2,23,25,28). The van der Waals surface area contributed by atoms with Crippen molar-refractivity contribution in [2.24, 2.45) is 0 Å². The largest absolute Gasteiger partial charge is 0.336 e. The first-order valence-corrected chi connectivity index (χ1v) is 11.1. The first kappa shape index (κ1) is 21.2. The van der Waals surface area contributed by atoms with Gasteiger partial charge in [-0.2, -0.15) is 0 Å². The average Bonchev–Trinajstić information content (AvgIpc) is 2.74. The molecule has 154 valence electrons. The molecular formula is C22H28N4O2S. The Bertz CT molecular complexity index is 815. The summed E-state index contributed by atoms with van der Waals surface area (Å²) in [6, 6.07) is 17.2. The number of nitrogens with zero attached hydrogens (tertiary/aromatic N) is 1. The van der Waals surface area contributed by atoms with Crippen molar-refractivity contribution in [3.63, 3.8) is 0 Å². The van der Waals surface area contributed by atoms with E-state index in [1.165, 1.54) is 0 Å². The maximum atomic E-state index is 12.5. The summed E-state index contributed by atoms with van der Waals surface area (Å²) in [7, 11) is 0. The summed E-state index contributed by atoms with van der Waals surface area (Å²) in [5.74, 6) is -0.0242. The second kappa shape index (κ2) is 10.9. The second-order valence-corrected chi connectivity index (χ2v) is 7.98. The molecule has 1 aliphatic rings. The van der Waals surface area contributed by atoms with E-state index in [9.17, 15) is 9.59 Å². The van der Waals surface area contributed by atoms with Crippen molar-refractivity contribution < 1.29 is 9.59 Å². The van der Waals surface area contributed by atoms with Gasteiger partial charge >= 0.3 is 6.03 Å². The van der Waals surface area contributed by atoms with Gasteiger partial charge in [0.05, 0.1) is 6.54 Å². The number of amides is 3. The number of hydrogen-bond donors (Lipinski definition) is 3. The van der Waals surface area contributed by atoms with Crippen molar-refractivity contribution in [3.05, 3.63) is 54.6 Å². The molecule has 3 N–H and O–H groups in total. The molecule has 1 heterocycles. The van der Waals surface area contributed by atoms with E-state index in [1.54, 1.807) is 11.8 Å². The average molecular weight is 413 g/mol. The molecule has 0 spiro atoms. The zero-order valence-corrected chi connectivity index (χ0v) is 17.5. The van der Waals surface area contributed by atoms with E-state index >= 15 is 0 Å². The van der Waals surface area contributed by atoms with E-state index < -0.39 is 0 Å². The molecule has 0 bridgehead atoms. The van der Waals surface area contributed by atoms with E-state index in [4.69, 9.17) is 0 Å². The molecule has 2 aromatic rings. The number of nitrogens with one attached hydrogen (secondary N) is 3. The number of likely N-dealkylation sites (tertiary alicyclic amines) is 1. The molecule has 1 fully saturated rings. The Morgan fingerprint density at radius 3 is 2.62 bits per heavy atom. The number of carbonyl (C=O) groups excluding carboxylic acids is 2. The van der Waals surface area contributed by atoms with Gasteiger partial charge in [0.1, 0.15) is 0 Å². The van der Waals surface area contributed by atoms with Crippen molar-refractivity contribution in [1.29, 1.82) is 0 Å². The maximum absolute atomic E-state index is 12.5. The monoisotopic (exact) mass is 412 g/mol. The summed E-state index contributed by atoms with van der Waals surface area (Å²) >= 11 is 1.65. The van der Waals surface area contributed by atoms with Crippen LogP contribution in [-0.4, -0.2) is 48.8 Å². The molecular weight excluding hydrogens is 384 g/mol. The summed E-state index contributed by atoms with van der Waals surface area (Å²) in [6.07, 6.45) is 5.17. The van der Waals surface area contributed by atoms with Gasteiger partial charge in [-0.05, 0) is 56.0 Å². The SMILES string of the molecule is CSc1cccc(NC(=O)CN2CCCCC2CNC(=O)Nc2ccccc2)c1. The van der Waals surface area contributed by atoms with Crippen molar-refractivity contribution in [1.82, 2.24) is 10.2 Å². The number of urea groups is 1. The Hall–Kier alpha value is -2.51. The fourth-order valence-electron chi connectivity index (χ4n) is 3.49. The topological polar surface area (TPSA) is 73.5 Å². The highest BCUT2D eigenvalue weighted by molar-refractivity contribution is 7.98. The predicted octanol–water partition coefficient (Wildman–Crippen LogP) is 4.02. The molecule has 0 aromatic heterocycles. The number of rotatable bonds is 7. The smallest absolute Gasteiger partial charge is 0.319 e. The van der Waals surface area contributed by atoms with Crippen LogP contribution in [0.5, 0.6) is 0 Å². The molecule has 7 heteroatoms. The highest BCUT2D eigenvalue weighted by Crippen LogP contribution is 2.20. The quantitative estimate of drug-likeness (QED) is 0.601. The summed E-state index contributed by atoms with van der Waals surface area (Å²) in [5, 5.41) is 8.76. The molecule has 6 nitrogen and oxygen atoms in total. The third-order valence-corrected chi connectivity index (χ3v) is 5.70. The lowest BCUT2D eigenvalue weighted by Crippen LogP contribution is -2.49. The third kappa shape index (κ3) is 6.80. The number of para-hydroxylation sites is 1. The Balaban J connectivity index is 1.49. The van der Waals surface area contributed by atoms with Crippen LogP contribution in [0.1, 0.15) is 19.3 Å². The lowest BCUT2D eigenvalue weighted by molar-refractivity contribution is -0.118. The number of piperidine rings is 1. The molecule has 1 aliphatic heterocycles. The molecule has 3 rings (SSSR count). The third-order valence-electron chi connectivity index (χ3n) is 4.98. The van der Waals surface area contributed by atoms with Crippen LogP contribution in [-0.2, 0) is 4.79 Å². The number of thioether (sulfide) groups is 1. The van der Waals surface area contributed by atoms with Crippen LogP contribution in [0.15, 0.2) is 59.5 Å². The first-order chi connectivity index (χ1) is 14.1. The molecule has 3 amide bonds. The Morgan fingerprint density at radius 1 is 1.03 bits per heavy atom. The number of benzene rings is 2. The van der Waals surface area contributed by atoms with Crippen LogP contribution >= 0.6 is 11.8 Å². The van der Waals surface area contributed by atoms with E-state index in [-0.39, 0.29) is 18.0 Å². The number of hydrogen-bond acceptors (Lipinski definition) is 4. The molecule has 1 atom stereocenters. The number of carbonyl (C=O) groups is 2. The van der Waals surface area contributed by atoms with Crippen LogP contribution in [0.3, 0.4) is 0 Å². The summed E-state index contributed by atoms with van der Waals surface area (Å²) in [6.45, 7) is 1.72. The number of anilines is 2. The predicted molar refractivity (Wildman–Crippen MR) is 120 cm³/mol. The van der Waals surface area contributed by atoms with Crippen molar-refractivity contribution in [2.45, 2.75) is 30.2 Å². The molecule has 0 aliphatic carbocycles. The maximum Gasteiger partial charge on any atom is 0.319 e. The normalized spacial score (nSPS) is 16.8. The first-order valence-electron chi connectivity index (χ1n) is 9.92. The molecule has 1 saturated heterocycles. The van der Waals surface area contributed by atoms with Gasteiger partial charge in [-0.3, -0.25) is 9.69 Å². The van der Waals surface area contributed by atoms with Crippen LogP contribution in [0, 0.1) is 0 Å². The summed E-state index contributed by atoms with van der Waals surface area (Å²) < 4.78 is 0. The highest BCUT2D eigenvalue weighted by Gasteiger charge is 2.24. The minimum absolute atomic E-state index is 0.0242. The molecule has 2 aromatic carbocycles. The summed E-state index contributed by atoms with van der Waals surface area (Å²) in [4.78, 5) is 28.0. The Kier molecular flexibility index (Phi) is 7.95. The van der Waals surface area contributed by atoms with Crippen LogP contribution in [0.4, 0.5) is 16.2 Å². The van der Waals surface area contributed by atoms with Crippen molar-refractivity contribution >= 4 is 35.1 Å².